The molecule has 0 fully saturated rings. The van der Waals surface area contributed by atoms with E-state index in [9.17, 15) is 8.42 Å². The molecular formula is C11H16N2O3S. The number of aryl methyl sites for hydroxylation is 1. The minimum Gasteiger partial charge on any atom is -0.395 e. The Morgan fingerprint density at radius 1 is 1.47 bits per heavy atom. The lowest BCUT2D eigenvalue weighted by atomic mass is 10.1. The molecule has 5 nitrogen and oxygen atoms in total. The lowest BCUT2D eigenvalue weighted by Gasteiger charge is -2.09. The SMILES string of the molecule is N[C@H]1CCc2ccc(S(=O)(=O)NCCO)cc21. The van der Waals surface area contributed by atoms with Crippen molar-refractivity contribution < 1.29 is 13.5 Å². The molecule has 0 saturated heterocycles. The molecule has 1 aromatic rings. The van der Waals surface area contributed by atoms with Crippen LogP contribution >= 0.6 is 0 Å². The van der Waals surface area contributed by atoms with E-state index in [1.807, 2.05) is 6.07 Å². The molecule has 1 aliphatic rings. The number of hydrogen-bond donors (Lipinski definition) is 3. The lowest BCUT2D eigenvalue weighted by Crippen LogP contribution is -2.26. The second-order valence-corrected chi connectivity index (χ2v) is 5.89. The van der Waals surface area contributed by atoms with E-state index < -0.39 is 10.0 Å². The number of fused-ring (bicyclic) bond motifs is 1. The van der Waals surface area contributed by atoms with Crippen LogP contribution in [0.3, 0.4) is 0 Å². The van der Waals surface area contributed by atoms with Gasteiger partial charge >= 0.3 is 0 Å². The zero-order chi connectivity index (χ0) is 12.5. The zero-order valence-electron chi connectivity index (χ0n) is 9.39. The molecule has 0 saturated carbocycles. The molecule has 1 atom stereocenters. The van der Waals surface area contributed by atoms with Gasteiger partial charge in [0.05, 0.1) is 11.5 Å². The molecule has 17 heavy (non-hydrogen) atoms. The van der Waals surface area contributed by atoms with Gasteiger partial charge < -0.3 is 10.8 Å². The average molecular weight is 256 g/mol. The van der Waals surface area contributed by atoms with Crippen LogP contribution in [0, 0.1) is 0 Å². The maximum Gasteiger partial charge on any atom is 0.240 e. The first-order chi connectivity index (χ1) is 8.04. The highest BCUT2D eigenvalue weighted by molar-refractivity contribution is 7.89. The Morgan fingerprint density at radius 2 is 2.24 bits per heavy atom. The Hall–Kier alpha value is -0.950. The van der Waals surface area contributed by atoms with Gasteiger partial charge in [0.2, 0.25) is 10.0 Å². The highest BCUT2D eigenvalue weighted by Crippen LogP contribution is 2.30. The highest BCUT2D eigenvalue weighted by Gasteiger charge is 2.22. The largest absolute Gasteiger partial charge is 0.395 e. The monoisotopic (exact) mass is 256 g/mol. The van der Waals surface area contributed by atoms with Gasteiger partial charge in [-0.3, -0.25) is 0 Å². The van der Waals surface area contributed by atoms with Gasteiger partial charge in [0.15, 0.2) is 0 Å². The number of sulfonamides is 1. The number of nitrogens with two attached hydrogens (primary N) is 1. The van der Waals surface area contributed by atoms with Gasteiger partial charge in [0, 0.05) is 12.6 Å². The van der Waals surface area contributed by atoms with Crippen molar-refractivity contribution in [1.29, 1.82) is 0 Å². The summed E-state index contributed by atoms with van der Waals surface area (Å²) in [5, 5.41) is 8.63. The normalized spacial score (nSPS) is 19.3. The molecule has 0 unspecified atom stereocenters. The van der Waals surface area contributed by atoms with E-state index in [0.29, 0.717) is 0 Å². The van der Waals surface area contributed by atoms with Gasteiger partial charge in [-0.2, -0.15) is 0 Å². The molecule has 1 aromatic carbocycles. The molecule has 0 radical (unpaired) electrons. The fraction of sp³-hybridized carbons (Fsp3) is 0.455. The van der Waals surface area contributed by atoms with E-state index in [4.69, 9.17) is 10.8 Å². The number of benzene rings is 1. The van der Waals surface area contributed by atoms with Gasteiger partial charge in [-0.05, 0) is 36.1 Å². The average Bonchev–Trinajstić information content (AvgIpc) is 2.68. The van der Waals surface area contributed by atoms with Crippen LogP contribution in [0.5, 0.6) is 0 Å². The van der Waals surface area contributed by atoms with Crippen molar-refractivity contribution in [3.63, 3.8) is 0 Å². The quantitative estimate of drug-likeness (QED) is 0.701. The fourth-order valence-electron chi connectivity index (χ4n) is 2.04. The third kappa shape index (κ3) is 2.50. The molecule has 0 spiro atoms. The zero-order valence-corrected chi connectivity index (χ0v) is 10.2. The fourth-order valence-corrected chi connectivity index (χ4v) is 3.10. The molecule has 0 heterocycles. The molecule has 94 valence electrons. The van der Waals surface area contributed by atoms with Crippen LogP contribution < -0.4 is 10.5 Å². The Labute approximate surface area is 101 Å². The molecule has 4 N–H and O–H groups in total. The van der Waals surface area contributed by atoms with E-state index in [1.54, 1.807) is 12.1 Å². The molecule has 1 aliphatic carbocycles. The Balaban J connectivity index is 2.32. The van der Waals surface area contributed by atoms with Crippen LogP contribution in [-0.2, 0) is 16.4 Å². The third-order valence-electron chi connectivity index (χ3n) is 2.96. The van der Waals surface area contributed by atoms with E-state index in [1.165, 1.54) is 0 Å². The predicted octanol–water partition coefficient (Wildman–Crippen LogP) is -0.0968. The maximum atomic E-state index is 11.8. The Bertz CT molecular complexity index is 513. The molecule has 0 amide bonds. The first kappa shape index (κ1) is 12.5. The summed E-state index contributed by atoms with van der Waals surface area (Å²) in [4.78, 5) is 0.210. The molecule has 6 heteroatoms. The van der Waals surface area contributed by atoms with Crippen LogP contribution in [0.1, 0.15) is 23.6 Å². The molecule has 0 aliphatic heterocycles. The summed E-state index contributed by atoms with van der Waals surface area (Å²) in [6.07, 6.45) is 1.77. The third-order valence-corrected chi connectivity index (χ3v) is 4.41. The van der Waals surface area contributed by atoms with Crippen LogP contribution in [0.2, 0.25) is 0 Å². The molecule has 0 bridgehead atoms. The lowest BCUT2D eigenvalue weighted by molar-refractivity contribution is 0.301. The minimum atomic E-state index is -3.53. The maximum absolute atomic E-state index is 11.8. The second kappa shape index (κ2) is 4.73. The summed E-state index contributed by atoms with van der Waals surface area (Å²) in [5.74, 6) is 0. The van der Waals surface area contributed by atoms with Crippen molar-refractivity contribution in [1.82, 2.24) is 4.72 Å². The van der Waals surface area contributed by atoms with Crippen molar-refractivity contribution in [2.24, 2.45) is 5.73 Å². The molecular weight excluding hydrogens is 240 g/mol. The Kier molecular flexibility index (Phi) is 3.48. The number of aliphatic hydroxyl groups is 1. The summed E-state index contributed by atoms with van der Waals surface area (Å²) < 4.78 is 26.0. The standard InChI is InChI=1S/C11H16N2O3S/c12-11-4-2-8-1-3-9(7-10(8)11)17(15,16)13-5-6-14/h1,3,7,11,13-14H,2,4-6,12H2/t11-/m0/s1. The van der Waals surface area contributed by atoms with Gasteiger partial charge in [0.1, 0.15) is 0 Å². The summed E-state index contributed by atoms with van der Waals surface area (Å²) >= 11 is 0. The van der Waals surface area contributed by atoms with Gasteiger partial charge in [-0.1, -0.05) is 6.07 Å². The summed E-state index contributed by atoms with van der Waals surface area (Å²) in [6, 6.07) is 4.96. The van der Waals surface area contributed by atoms with Gasteiger partial charge in [-0.15, -0.1) is 0 Å². The van der Waals surface area contributed by atoms with Crippen molar-refractivity contribution in [3.05, 3.63) is 29.3 Å². The molecule has 2 rings (SSSR count). The predicted molar refractivity (Wildman–Crippen MR) is 64.0 cm³/mol. The van der Waals surface area contributed by atoms with Crippen LogP contribution in [0.15, 0.2) is 23.1 Å². The van der Waals surface area contributed by atoms with E-state index in [0.717, 1.165) is 24.0 Å². The van der Waals surface area contributed by atoms with Crippen molar-refractivity contribution in [2.45, 2.75) is 23.8 Å². The number of nitrogens with one attached hydrogen (secondary N) is 1. The number of rotatable bonds is 4. The highest BCUT2D eigenvalue weighted by atomic mass is 32.2. The van der Waals surface area contributed by atoms with E-state index in [2.05, 4.69) is 4.72 Å². The minimum absolute atomic E-state index is 0.0193. The first-order valence-corrected chi connectivity index (χ1v) is 7.02. The van der Waals surface area contributed by atoms with Gasteiger partial charge in [-0.25, -0.2) is 13.1 Å². The topological polar surface area (TPSA) is 92.4 Å². The Morgan fingerprint density at radius 3 is 2.94 bits per heavy atom. The van der Waals surface area contributed by atoms with E-state index in [-0.39, 0.29) is 24.1 Å². The first-order valence-electron chi connectivity index (χ1n) is 5.53. The van der Waals surface area contributed by atoms with Crippen LogP contribution in [0.4, 0.5) is 0 Å². The number of aliphatic hydroxyl groups excluding tert-OH is 1. The van der Waals surface area contributed by atoms with E-state index >= 15 is 0 Å². The smallest absolute Gasteiger partial charge is 0.240 e. The van der Waals surface area contributed by atoms with Crippen LogP contribution in [0.25, 0.3) is 0 Å². The summed E-state index contributed by atoms with van der Waals surface area (Å²) in [5.41, 5.74) is 7.94. The number of hydrogen-bond acceptors (Lipinski definition) is 4. The van der Waals surface area contributed by atoms with Gasteiger partial charge in [0.25, 0.3) is 0 Å². The summed E-state index contributed by atoms with van der Waals surface area (Å²) in [6.45, 7) is -0.199. The second-order valence-electron chi connectivity index (χ2n) is 4.13. The van der Waals surface area contributed by atoms with Crippen molar-refractivity contribution >= 4 is 10.0 Å². The van der Waals surface area contributed by atoms with Crippen molar-refractivity contribution in [2.75, 3.05) is 13.2 Å². The van der Waals surface area contributed by atoms with Crippen molar-refractivity contribution in [3.8, 4) is 0 Å². The van der Waals surface area contributed by atoms with Crippen LogP contribution in [-0.4, -0.2) is 26.7 Å². The molecule has 0 aromatic heterocycles. The summed E-state index contributed by atoms with van der Waals surface area (Å²) in [7, 11) is -3.53.